The first-order valence-corrected chi connectivity index (χ1v) is 8.31. The fourth-order valence-electron chi connectivity index (χ4n) is 3.38. The summed E-state index contributed by atoms with van der Waals surface area (Å²) in [6.07, 6.45) is 11.2. The standard InChI is InChI=1S/C15H24N2S/c1-2-11-7-9-15(16,10-8-11)14-17-12-5-3-4-6-13(12)18-14/h11H,2-10,16H2,1H3. The van der Waals surface area contributed by atoms with E-state index in [2.05, 4.69) is 6.92 Å². The zero-order valence-electron chi connectivity index (χ0n) is 11.4. The molecule has 2 nitrogen and oxygen atoms in total. The lowest BCUT2D eigenvalue weighted by atomic mass is 9.76. The second-order valence-corrected chi connectivity index (χ2v) is 7.19. The summed E-state index contributed by atoms with van der Waals surface area (Å²) in [6, 6.07) is 0. The lowest BCUT2D eigenvalue weighted by Gasteiger charge is -2.35. The van der Waals surface area contributed by atoms with Crippen molar-refractivity contribution in [2.45, 2.75) is 70.3 Å². The second-order valence-electron chi connectivity index (χ2n) is 6.10. The summed E-state index contributed by atoms with van der Waals surface area (Å²) < 4.78 is 0. The molecule has 3 heteroatoms. The maximum Gasteiger partial charge on any atom is 0.113 e. The highest BCUT2D eigenvalue weighted by Gasteiger charge is 2.36. The summed E-state index contributed by atoms with van der Waals surface area (Å²) in [6.45, 7) is 2.30. The van der Waals surface area contributed by atoms with Gasteiger partial charge in [0.15, 0.2) is 0 Å². The maximum atomic E-state index is 6.66. The van der Waals surface area contributed by atoms with E-state index in [9.17, 15) is 0 Å². The molecule has 1 heterocycles. The lowest BCUT2D eigenvalue weighted by Crippen LogP contribution is -2.40. The first-order chi connectivity index (χ1) is 8.71. The van der Waals surface area contributed by atoms with Gasteiger partial charge in [0.05, 0.1) is 11.2 Å². The zero-order valence-corrected chi connectivity index (χ0v) is 12.2. The molecular weight excluding hydrogens is 240 g/mol. The van der Waals surface area contributed by atoms with Crippen molar-refractivity contribution in [1.82, 2.24) is 4.98 Å². The highest BCUT2D eigenvalue weighted by atomic mass is 32.1. The number of rotatable bonds is 2. The first kappa shape index (κ1) is 12.6. The van der Waals surface area contributed by atoms with Crippen LogP contribution in [0.4, 0.5) is 0 Å². The minimum atomic E-state index is -0.103. The van der Waals surface area contributed by atoms with Crippen molar-refractivity contribution in [2.24, 2.45) is 11.7 Å². The van der Waals surface area contributed by atoms with Crippen molar-refractivity contribution in [3.8, 4) is 0 Å². The van der Waals surface area contributed by atoms with Gasteiger partial charge in [-0.1, -0.05) is 13.3 Å². The number of thiazole rings is 1. The molecule has 1 saturated carbocycles. The van der Waals surface area contributed by atoms with Crippen molar-refractivity contribution < 1.29 is 0 Å². The molecule has 0 unspecified atom stereocenters. The Labute approximate surface area is 114 Å². The van der Waals surface area contributed by atoms with E-state index in [-0.39, 0.29) is 5.54 Å². The SMILES string of the molecule is CCC1CCC(N)(c2nc3c(s2)CCCC3)CC1. The molecule has 0 saturated heterocycles. The topological polar surface area (TPSA) is 38.9 Å². The highest BCUT2D eigenvalue weighted by Crippen LogP contribution is 2.41. The van der Waals surface area contributed by atoms with Gasteiger partial charge in [-0.05, 0) is 57.3 Å². The first-order valence-electron chi connectivity index (χ1n) is 7.49. The van der Waals surface area contributed by atoms with Gasteiger partial charge < -0.3 is 5.73 Å². The number of aryl methyl sites for hydroxylation is 2. The molecule has 0 radical (unpaired) electrons. The van der Waals surface area contributed by atoms with E-state index in [1.807, 2.05) is 11.3 Å². The van der Waals surface area contributed by atoms with Crippen molar-refractivity contribution in [3.05, 3.63) is 15.6 Å². The normalized spacial score (nSPS) is 32.2. The summed E-state index contributed by atoms with van der Waals surface area (Å²) in [7, 11) is 0. The van der Waals surface area contributed by atoms with Crippen LogP contribution >= 0.6 is 11.3 Å². The smallest absolute Gasteiger partial charge is 0.113 e. The summed E-state index contributed by atoms with van der Waals surface area (Å²) in [5.74, 6) is 0.899. The molecule has 100 valence electrons. The van der Waals surface area contributed by atoms with Crippen LogP contribution in [0.3, 0.4) is 0 Å². The van der Waals surface area contributed by atoms with E-state index >= 15 is 0 Å². The van der Waals surface area contributed by atoms with Gasteiger partial charge in [0.1, 0.15) is 5.01 Å². The third kappa shape index (κ3) is 2.23. The molecule has 2 aliphatic rings. The Bertz CT molecular complexity index is 393. The molecule has 0 aromatic carbocycles. The molecule has 18 heavy (non-hydrogen) atoms. The van der Waals surface area contributed by atoms with Gasteiger partial charge in [0.2, 0.25) is 0 Å². The fraction of sp³-hybridized carbons (Fsp3) is 0.800. The monoisotopic (exact) mass is 264 g/mol. The fourth-order valence-corrected chi connectivity index (χ4v) is 4.69. The quantitative estimate of drug-likeness (QED) is 0.883. The number of hydrogen-bond donors (Lipinski definition) is 1. The summed E-state index contributed by atoms with van der Waals surface area (Å²) in [4.78, 5) is 6.42. The Morgan fingerprint density at radius 3 is 2.67 bits per heavy atom. The van der Waals surface area contributed by atoms with Crippen LogP contribution < -0.4 is 5.73 Å². The summed E-state index contributed by atoms with van der Waals surface area (Å²) in [5, 5.41) is 1.24. The van der Waals surface area contributed by atoms with Crippen LogP contribution in [-0.4, -0.2) is 4.98 Å². The molecule has 0 aliphatic heterocycles. The molecular formula is C15H24N2S. The van der Waals surface area contributed by atoms with Gasteiger partial charge in [-0.3, -0.25) is 0 Å². The average molecular weight is 264 g/mol. The van der Waals surface area contributed by atoms with Gasteiger partial charge in [-0.25, -0.2) is 4.98 Å². The Morgan fingerprint density at radius 1 is 1.28 bits per heavy atom. The number of fused-ring (bicyclic) bond motifs is 1. The van der Waals surface area contributed by atoms with E-state index in [1.165, 1.54) is 60.5 Å². The van der Waals surface area contributed by atoms with Crippen LogP contribution in [0.25, 0.3) is 0 Å². The van der Waals surface area contributed by atoms with E-state index in [0.717, 1.165) is 18.8 Å². The molecule has 0 spiro atoms. The second kappa shape index (κ2) is 4.93. The third-order valence-corrected chi connectivity index (χ3v) is 6.22. The molecule has 2 N–H and O–H groups in total. The van der Waals surface area contributed by atoms with E-state index in [4.69, 9.17) is 10.7 Å². The Hall–Kier alpha value is -0.410. The Balaban J connectivity index is 1.79. The van der Waals surface area contributed by atoms with E-state index in [0.29, 0.717) is 0 Å². The Kier molecular flexibility index (Phi) is 3.46. The van der Waals surface area contributed by atoms with Gasteiger partial charge in [0.25, 0.3) is 0 Å². The third-order valence-electron chi connectivity index (χ3n) is 4.85. The predicted octanol–water partition coefficient (Wildman–Crippen LogP) is 3.78. The largest absolute Gasteiger partial charge is 0.319 e. The average Bonchev–Trinajstić information content (AvgIpc) is 2.84. The summed E-state index contributed by atoms with van der Waals surface area (Å²) in [5.41, 5.74) is 7.92. The predicted molar refractivity (Wildman–Crippen MR) is 76.9 cm³/mol. The van der Waals surface area contributed by atoms with Crippen LogP contribution in [0.1, 0.15) is 67.4 Å². The number of aromatic nitrogens is 1. The van der Waals surface area contributed by atoms with Crippen LogP contribution in [0.15, 0.2) is 0 Å². The highest BCUT2D eigenvalue weighted by molar-refractivity contribution is 7.11. The zero-order chi connectivity index (χ0) is 12.6. The molecule has 0 atom stereocenters. The number of hydrogen-bond acceptors (Lipinski definition) is 3. The Morgan fingerprint density at radius 2 is 2.00 bits per heavy atom. The minimum absolute atomic E-state index is 0.103. The van der Waals surface area contributed by atoms with E-state index in [1.54, 1.807) is 0 Å². The van der Waals surface area contributed by atoms with Crippen LogP contribution in [0.2, 0.25) is 0 Å². The van der Waals surface area contributed by atoms with Crippen molar-refractivity contribution >= 4 is 11.3 Å². The number of nitrogens with two attached hydrogens (primary N) is 1. The van der Waals surface area contributed by atoms with Crippen LogP contribution in [0, 0.1) is 5.92 Å². The van der Waals surface area contributed by atoms with Gasteiger partial charge in [0, 0.05) is 4.88 Å². The molecule has 1 fully saturated rings. The van der Waals surface area contributed by atoms with Crippen molar-refractivity contribution in [1.29, 1.82) is 0 Å². The van der Waals surface area contributed by atoms with Crippen molar-refractivity contribution in [3.63, 3.8) is 0 Å². The summed E-state index contributed by atoms with van der Waals surface area (Å²) >= 11 is 1.91. The van der Waals surface area contributed by atoms with Gasteiger partial charge >= 0.3 is 0 Å². The van der Waals surface area contributed by atoms with E-state index < -0.39 is 0 Å². The van der Waals surface area contributed by atoms with Crippen molar-refractivity contribution in [2.75, 3.05) is 0 Å². The molecule has 0 bridgehead atoms. The van der Waals surface area contributed by atoms with Gasteiger partial charge in [-0.15, -0.1) is 11.3 Å². The molecule has 0 amide bonds. The molecule has 1 aromatic heterocycles. The number of nitrogens with zero attached hydrogens (tertiary/aromatic N) is 1. The minimum Gasteiger partial charge on any atom is -0.319 e. The molecule has 1 aromatic rings. The lowest BCUT2D eigenvalue weighted by molar-refractivity contribution is 0.231. The van der Waals surface area contributed by atoms with Crippen LogP contribution in [0.5, 0.6) is 0 Å². The molecule has 2 aliphatic carbocycles. The molecule has 3 rings (SSSR count). The van der Waals surface area contributed by atoms with Crippen LogP contribution in [-0.2, 0) is 18.4 Å². The van der Waals surface area contributed by atoms with Gasteiger partial charge in [-0.2, -0.15) is 0 Å². The maximum absolute atomic E-state index is 6.66.